The topological polar surface area (TPSA) is 87.2 Å². The first-order valence-corrected chi connectivity index (χ1v) is 8.72. The van der Waals surface area contributed by atoms with Gasteiger partial charge in [-0.2, -0.15) is 0 Å². The summed E-state index contributed by atoms with van der Waals surface area (Å²) in [5.74, 6) is -1.03. The molecular formula is C19H26N2O5. The summed E-state index contributed by atoms with van der Waals surface area (Å²) < 4.78 is 5.51. The number of carboxylic acid groups (broad SMARTS) is 1. The van der Waals surface area contributed by atoms with E-state index in [-0.39, 0.29) is 30.9 Å². The minimum absolute atomic E-state index is 0.0349. The summed E-state index contributed by atoms with van der Waals surface area (Å²) in [4.78, 5) is 38.4. The zero-order chi connectivity index (χ0) is 19.3. The number of likely N-dealkylation sites (N-methyl/N-ethyl adjacent to an activating group) is 1. The monoisotopic (exact) mass is 362 g/mol. The molecule has 1 aromatic carbocycles. The van der Waals surface area contributed by atoms with Gasteiger partial charge in [-0.3, -0.25) is 14.4 Å². The number of likely N-dealkylation sites (tertiary alicyclic amines) is 1. The number of carbonyl (C=O) groups excluding carboxylic acids is 2. The van der Waals surface area contributed by atoms with Gasteiger partial charge in [0.25, 0.3) is 5.91 Å². The van der Waals surface area contributed by atoms with Gasteiger partial charge in [0.05, 0.1) is 12.5 Å². The summed E-state index contributed by atoms with van der Waals surface area (Å²) in [5.41, 5.74) is 2.24. The molecule has 7 heteroatoms. The van der Waals surface area contributed by atoms with Crippen LogP contribution in [0.25, 0.3) is 0 Å². The molecule has 1 heterocycles. The van der Waals surface area contributed by atoms with Crippen LogP contribution in [0.3, 0.4) is 0 Å². The van der Waals surface area contributed by atoms with Gasteiger partial charge in [-0.15, -0.1) is 0 Å². The highest BCUT2D eigenvalue weighted by Crippen LogP contribution is 2.18. The lowest BCUT2D eigenvalue weighted by Crippen LogP contribution is -2.46. The fourth-order valence-electron chi connectivity index (χ4n) is 2.83. The molecule has 0 spiro atoms. The van der Waals surface area contributed by atoms with Crippen LogP contribution in [-0.2, 0) is 14.4 Å². The van der Waals surface area contributed by atoms with E-state index in [1.54, 1.807) is 11.9 Å². The summed E-state index contributed by atoms with van der Waals surface area (Å²) in [7, 11) is 1.56. The second kappa shape index (κ2) is 8.69. The molecule has 1 fully saturated rings. The third kappa shape index (κ3) is 5.21. The lowest BCUT2D eigenvalue weighted by Gasteiger charge is -2.31. The van der Waals surface area contributed by atoms with Crippen molar-refractivity contribution in [1.29, 1.82) is 0 Å². The predicted molar refractivity (Wildman–Crippen MR) is 96.0 cm³/mol. The van der Waals surface area contributed by atoms with Gasteiger partial charge in [-0.05, 0) is 49.9 Å². The Morgan fingerprint density at radius 2 is 1.85 bits per heavy atom. The molecule has 26 heavy (non-hydrogen) atoms. The zero-order valence-electron chi connectivity index (χ0n) is 15.5. The molecule has 0 unspecified atom stereocenters. The van der Waals surface area contributed by atoms with Crippen molar-refractivity contribution in [2.75, 3.05) is 33.3 Å². The second-order valence-corrected chi connectivity index (χ2v) is 6.78. The van der Waals surface area contributed by atoms with E-state index in [1.807, 2.05) is 32.0 Å². The summed E-state index contributed by atoms with van der Waals surface area (Å²) in [5, 5.41) is 9.00. The number of ether oxygens (including phenoxy) is 1. The van der Waals surface area contributed by atoms with Gasteiger partial charge in [-0.25, -0.2) is 0 Å². The maximum atomic E-state index is 12.3. The molecule has 0 bridgehead atoms. The van der Waals surface area contributed by atoms with Crippen molar-refractivity contribution in [3.8, 4) is 5.75 Å². The lowest BCUT2D eigenvalue weighted by molar-refractivity contribution is -0.146. The number of aliphatic carboxylic acids is 1. The molecule has 1 saturated heterocycles. The van der Waals surface area contributed by atoms with Gasteiger partial charge in [0.15, 0.2) is 6.61 Å². The van der Waals surface area contributed by atoms with Crippen LogP contribution in [0.2, 0.25) is 0 Å². The Labute approximate surface area is 153 Å². The highest BCUT2D eigenvalue weighted by atomic mass is 16.5. The summed E-state index contributed by atoms with van der Waals surface area (Å²) >= 11 is 0. The van der Waals surface area contributed by atoms with E-state index in [9.17, 15) is 14.4 Å². The quantitative estimate of drug-likeness (QED) is 0.828. The molecule has 0 aromatic heterocycles. The van der Waals surface area contributed by atoms with Crippen LogP contribution in [0.5, 0.6) is 5.75 Å². The van der Waals surface area contributed by atoms with E-state index >= 15 is 0 Å². The lowest BCUT2D eigenvalue weighted by atomic mass is 9.97. The Kier molecular flexibility index (Phi) is 6.60. The van der Waals surface area contributed by atoms with Gasteiger partial charge in [0.1, 0.15) is 5.75 Å². The first-order valence-electron chi connectivity index (χ1n) is 8.72. The summed E-state index contributed by atoms with van der Waals surface area (Å²) in [6.45, 7) is 4.64. The van der Waals surface area contributed by atoms with E-state index in [0.29, 0.717) is 31.7 Å². The fraction of sp³-hybridized carbons (Fsp3) is 0.526. The number of benzene rings is 1. The average Bonchev–Trinajstić information content (AvgIpc) is 2.62. The maximum absolute atomic E-state index is 12.3. The molecule has 0 atom stereocenters. The molecule has 142 valence electrons. The van der Waals surface area contributed by atoms with Crippen molar-refractivity contribution in [2.24, 2.45) is 5.92 Å². The van der Waals surface area contributed by atoms with E-state index < -0.39 is 5.97 Å². The maximum Gasteiger partial charge on any atom is 0.306 e. The number of piperidine rings is 1. The molecule has 1 aliphatic rings. The van der Waals surface area contributed by atoms with Crippen LogP contribution < -0.4 is 4.74 Å². The fourth-order valence-corrected chi connectivity index (χ4v) is 2.83. The number of aryl methyl sites for hydroxylation is 2. The van der Waals surface area contributed by atoms with E-state index in [1.165, 1.54) is 4.90 Å². The third-order valence-electron chi connectivity index (χ3n) is 4.84. The summed E-state index contributed by atoms with van der Waals surface area (Å²) in [6.07, 6.45) is 0.906. The minimum Gasteiger partial charge on any atom is -0.484 e. The predicted octanol–water partition coefficient (Wildman–Crippen LogP) is 1.46. The van der Waals surface area contributed by atoms with Gasteiger partial charge in [-0.1, -0.05) is 6.07 Å². The van der Waals surface area contributed by atoms with Crippen molar-refractivity contribution in [3.63, 3.8) is 0 Å². The Morgan fingerprint density at radius 3 is 2.42 bits per heavy atom. The van der Waals surface area contributed by atoms with Gasteiger partial charge >= 0.3 is 5.97 Å². The first kappa shape index (κ1) is 19.8. The highest BCUT2D eigenvalue weighted by Gasteiger charge is 2.27. The number of carboxylic acids is 1. The molecular weight excluding hydrogens is 336 g/mol. The van der Waals surface area contributed by atoms with E-state index in [4.69, 9.17) is 9.84 Å². The van der Waals surface area contributed by atoms with Crippen molar-refractivity contribution < 1.29 is 24.2 Å². The molecule has 2 amide bonds. The normalized spacial score (nSPS) is 14.8. The standard InChI is InChI=1S/C19H26N2O5/c1-13-4-5-16(10-14(13)2)26-12-18(23)20(3)11-17(22)21-8-6-15(7-9-21)19(24)25/h4-5,10,15H,6-9,11-12H2,1-3H3,(H,24,25). The van der Waals surface area contributed by atoms with Crippen LogP contribution in [-0.4, -0.2) is 66.0 Å². The number of hydrogen-bond acceptors (Lipinski definition) is 4. The van der Waals surface area contributed by atoms with Crippen LogP contribution in [0.15, 0.2) is 18.2 Å². The number of carbonyl (C=O) groups is 3. The zero-order valence-corrected chi connectivity index (χ0v) is 15.5. The Hall–Kier alpha value is -2.57. The average molecular weight is 362 g/mol. The van der Waals surface area contributed by atoms with Crippen molar-refractivity contribution in [2.45, 2.75) is 26.7 Å². The van der Waals surface area contributed by atoms with Crippen LogP contribution in [0.1, 0.15) is 24.0 Å². The van der Waals surface area contributed by atoms with Crippen LogP contribution in [0, 0.1) is 19.8 Å². The molecule has 0 radical (unpaired) electrons. The van der Waals surface area contributed by atoms with Crippen LogP contribution >= 0.6 is 0 Å². The Morgan fingerprint density at radius 1 is 1.19 bits per heavy atom. The molecule has 1 aliphatic heterocycles. The van der Waals surface area contributed by atoms with E-state index in [2.05, 4.69) is 0 Å². The number of hydrogen-bond donors (Lipinski definition) is 1. The molecule has 1 aromatic rings. The van der Waals surface area contributed by atoms with Crippen molar-refractivity contribution >= 4 is 17.8 Å². The number of amides is 2. The third-order valence-corrected chi connectivity index (χ3v) is 4.84. The van der Waals surface area contributed by atoms with Crippen LogP contribution in [0.4, 0.5) is 0 Å². The minimum atomic E-state index is -0.812. The van der Waals surface area contributed by atoms with Gasteiger partial charge in [0, 0.05) is 20.1 Å². The molecule has 7 nitrogen and oxygen atoms in total. The Bertz CT molecular complexity index is 681. The smallest absolute Gasteiger partial charge is 0.306 e. The number of nitrogens with zero attached hydrogens (tertiary/aromatic N) is 2. The molecule has 0 aliphatic carbocycles. The van der Waals surface area contributed by atoms with Gasteiger partial charge in [0.2, 0.25) is 5.91 Å². The van der Waals surface area contributed by atoms with Crippen molar-refractivity contribution in [1.82, 2.24) is 9.80 Å². The second-order valence-electron chi connectivity index (χ2n) is 6.78. The Balaban J connectivity index is 1.78. The van der Waals surface area contributed by atoms with Crippen molar-refractivity contribution in [3.05, 3.63) is 29.3 Å². The summed E-state index contributed by atoms with van der Waals surface area (Å²) in [6, 6.07) is 5.62. The van der Waals surface area contributed by atoms with Gasteiger partial charge < -0.3 is 19.6 Å². The van der Waals surface area contributed by atoms with E-state index in [0.717, 1.165) is 11.1 Å². The highest BCUT2D eigenvalue weighted by molar-refractivity contribution is 5.85. The number of rotatable bonds is 6. The largest absolute Gasteiger partial charge is 0.484 e. The first-order chi connectivity index (χ1) is 12.3. The molecule has 1 N–H and O–H groups in total. The molecule has 2 rings (SSSR count). The SMILES string of the molecule is Cc1ccc(OCC(=O)N(C)CC(=O)N2CCC(C(=O)O)CC2)cc1C. The molecule has 0 saturated carbocycles.